The van der Waals surface area contributed by atoms with Crippen molar-refractivity contribution in [2.75, 3.05) is 0 Å². The van der Waals surface area contributed by atoms with E-state index in [1.807, 2.05) is 42.5 Å². The van der Waals surface area contributed by atoms with Crippen molar-refractivity contribution in [1.82, 2.24) is 0 Å². The molecule has 0 N–H and O–H groups in total. The number of benzene rings is 2. The molecule has 0 atom stereocenters. The molecule has 0 saturated heterocycles. The maximum Gasteiger partial charge on any atom is 0.336 e. The normalized spacial score (nSPS) is 15.9. The highest BCUT2D eigenvalue weighted by atomic mass is 16.5. The van der Waals surface area contributed by atoms with Gasteiger partial charge in [0, 0.05) is 11.6 Å². The fraction of sp³-hybridized carbons (Fsp3) is 0.250. The SMILES string of the molecule is CC1(C)CCc2ccc3oc(=O)cc(-c4ccccc4)c3c2O1. The average Bonchev–Trinajstić information content (AvgIpc) is 2.53. The molecular weight excluding hydrogens is 288 g/mol. The van der Waals surface area contributed by atoms with E-state index in [9.17, 15) is 4.79 Å². The number of hydrogen-bond donors (Lipinski definition) is 0. The highest BCUT2D eigenvalue weighted by Gasteiger charge is 2.29. The van der Waals surface area contributed by atoms with Crippen molar-refractivity contribution >= 4 is 11.0 Å². The van der Waals surface area contributed by atoms with Gasteiger partial charge >= 0.3 is 5.63 Å². The minimum absolute atomic E-state index is 0.217. The molecule has 3 nitrogen and oxygen atoms in total. The average molecular weight is 306 g/mol. The van der Waals surface area contributed by atoms with E-state index in [2.05, 4.69) is 13.8 Å². The molecule has 116 valence electrons. The molecule has 2 heterocycles. The number of ether oxygens (including phenoxy) is 1. The Kier molecular flexibility index (Phi) is 3.05. The summed E-state index contributed by atoms with van der Waals surface area (Å²) in [6, 6.07) is 15.3. The van der Waals surface area contributed by atoms with Gasteiger partial charge in [-0.1, -0.05) is 36.4 Å². The topological polar surface area (TPSA) is 39.4 Å². The molecule has 3 heteroatoms. The van der Waals surface area contributed by atoms with Gasteiger partial charge in [-0.3, -0.25) is 0 Å². The van der Waals surface area contributed by atoms with E-state index >= 15 is 0 Å². The van der Waals surface area contributed by atoms with Crippen LogP contribution in [0.15, 0.2) is 57.7 Å². The second-order valence-electron chi connectivity index (χ2n) is 6.63. The zero-order valence-corrected chi connectivity index (χ0v) is 13.3. The van der Waals surface area contributed by atoms with E-state index in [-0.39, 0.29) is 11.2 Å². The quantitative estimate of drug-likeness (QED) is 0.619. The fourth-order valence-electron chi connectivity index (χ4n) is 3.20. The lowest BCUT2D eigenvalue weighted by Crippen LogP contribution is -2.32. The van der Waals surface area contributed by atoms with Crippen LogP contribution in [0.3, 0.4) is 0 Å². The highest BCUT2D eigenvalue weighted by Crippen LogP contribution is 2.42. The highest BCUT2D eigenvalue weighted by molar-refractivity contribution is 5.98. The van der Waals surface area contributed by atoms with Crippen molar-refractivity contribution in [2.45, 2.75) is 32.3 Å². The van der Waals surface area contributed by atoms with Crippen LogP contribution in [-0.2, 0) is 6.42 Å². The van der Waals surface area contributed by atoms with Gasteiger partial charge in [0.05, 0.1) is 5.39 Å². The van der Waals surface area contributed by atoms with Crippen molar-refractivity contribution in [1.29, 1.82) is 0 Å². The van der Waals surface area contributed by atoms with Crippen LogP contribution in [0.25, 0.3) is 22.1 Å². The third-order valence-corrected chi connectivity index (χ3v) is 4.40. The first-order valence-electron chi connectivity index (χ1n) is 7.88. The Labute approximate surface area is 134 Å². The van der Waals surface area contributed by atoms with Gasteiger partial charge in [0.25, 0.3) is 0 Å². The summed E-state index contributed by atoms with van der Waals surface area (Å²) in [5.74, 6) is 0.848. The molecule has 2 aromatic carbocycles. The summed E-state index contributed by atoms with van der Waals surface area (Å²) in [4.78, 5) is 12.0. The number of aryl methyl sites for hydroxylation is 1. The van der Waals surface area contributed by atoms with Crippen LogP contribution >= 0.6 is 0 Å². The maximum atomic E-state index is 12.0. The van der Waals surface area contributed by atoms with Gasteiger partial charge in [0.1, 0.15) is 16.9 Å². The lowest BCUT2D eigenvalue weighted by molar-refractivity contribution is 0.0868. The van der Waals surface area contributed by atoms with Gasteiger partial charge in [0.15, 0.2) is 0 Å². The zero-order chi connectivity index (χ0) is 16.0. The van der Waals surface area contributed by atoms with E-state index in [0.29, 0.717) is 5.58 Å². The summed E-state index contributed by atoms with van der Waals surface area (Å²) in [5, 5.41) is 0.890. The lowest BCUT2D eigenvalue weighted by atomic mass is 9.91. The molecule has 1 aliphatic heterocycles. The first-order chi connectivity index (χ1) is 11.0. The van der Waals surface area contributed by atoms with Crippen LogP contribution in [0.1, 0.15) is 25.8 Å². The second-order valence-corrected chi connectivity index (χ2v) is 6.63. The lowest BCUT2D eigenvalue weighted by Gasteiger charge is -2.33. The Morgan fingerprint density at radius 2 is 1.83 bits per heavy atom. The van der Waals surface area contributed by atoms with Gasteiger partial charge in [-0.05, 0) is 43.9 Å². The van der Waals surface area contributed by atoms with E-state index in [1.165, 1.54) is 5.56 Å². The van der Waals surface area contributed by atoms with Crippen molar-refractivity contribution in [3.63, 3.8) is 0 Å². The first kappa shape index (κ1) is 14.1. The van der Waals surface area contributed by atoms with Crippen LogP contribution in [0.2, 0.25) is 0 Å². The van der Waals surface area contributed by atoms with Crippen LogP contribution < -0.4 is 10.4 Å². The molecule has 0 fully saturated rings. The molecule has 0 aliphatic carbocycles. The van der Waals surface area contributed by atoms with Gasteiger partial charge in [-0.25, -0.2) is 4.79 Å². The molecule has 4 rings (SSSR count). The van der Waals surface area contributed by atoms with Gasteiger partial charge in [-0.2, -0.15) is 0 Å². The minimum Gasteiger partial charge on any atom is -0.487 e. The Balaban J connectivity index is 2.08. The maximum absolute atomic E-state index is 12.0. The summed E-state index contributed by atoms with van der Waals surface area (Å²) in [6.45, 7) is 4.19. The molecule has 3 aromatic rings. The van der Waals surface area contributed by atoms with Crippen LogP contribution in [0.5, 0.6) is 5.75 Å². The molecule has 0 amide bonds. The molecule has 1 aliphatic rings. The molecule has 1 aromatic heterocycles. The Morgan fingerprint density at radius 3 is 2.61 bits per heavy atom. The fourth-order valence-corrected chi connectivity index (χ4v) is 3.20. The standard InChI is InChI=1S/C20H18O3/c1-20(2)11-10-14-8-9-16-18(19(14)23-20)15(12-17(21)22-16)13-6-4-3-5-7-13/h3-9,12H,10-11H2,1-2H3. The molecule has 0 unspecified atom stereocenters. The number of rotatable bonds is 1. The molecule has 23 heavy (non-hydrogen) atoms. The number of hydrogen-bond acceptors (Lipinski definition) is 3. The van der Waals surface area contributed by atoms with Crippen molar-refractivity contribution in [3.8, 4) is 16.9 Å². The first-order valence-corrected chi connectivity index (χ1v) is 7.88. The van der Waals surface area contributed by atoms with E-state index in [0.717, 1.165) is 35.1 Å². The van der Waals surface area contributed by atoms with Gasteiger partial charge in [0.2, 0.25) is 0 Å². The summed E-state index contributed by atoms with van der Waals surface area (Å²) >= 11 is 0. The Hall–Kier alpha value is -2.55. The van der Waals surface area contributed by atoms with Crippen molar-refractivity contribution < 1.29 is 9.15 Å². The third-order valence-electron chi connectivity index (χ3n) is 4.40. The Bertz CT molecular complexity index is 936. The largest absolute Gasteiger partial charge is 0.487 e. The minimum atomic E-state index is -0.341. The van der Waals surface area contributed by atoms with Crippen molar-refractivity contribution in [3.05, 3.63) is 64.5 Å². The summed E-state index contributed by atoms with van der Waals surface area (Å²) in [5.41, 5.74) is 3.05. The molecule has 0 radical (unpaired) electrons. The zero-order valence-electron chi connectivity index (χ0n) is 13.3. The summed E-state index contributed by atoms with van der Waals surface area (Å²) in [7, 11) is 0. The Morgan fingerprint density at radius 1 is 1.04 bits per heavy atom. The third kappa shape index (κ3) is 2.42. The van der Waals surface area contributed by atoms with E-state index in [4.69, 9.17) is 9.15 Å². The molecule has 0 bridgehead atoms. The van der Waals surface area contributed by atoms with Gasteiger partial charge < -0.3 is 9.15 Å². The molecule has 0 saturated carbocycles. The summed E-state index contributed by atoms with van der Waals surface area (Å²) < 4.78 is 11.7. The van der Waals surface area contributed by atoms with E-state index < -0.39 is 0 Å². The molecule has 0 spiro atoms. The van der Waals surface area contributed by atoms with Gasteiger partial charge in [-0.15, -0.1) is 0 Å². The smallest absolute Gasteiger partial charge is 0.336 e. The predicted octanol–water partition coefficient (Wildman–Crippen LogP) is 4.56. The summed E-state index contributed by atoms with van der Waals surface area (Å²) in [6.07, 6.45) is 1.94. The van der Waals surface area contributed by atoms with Crippen LogP contribution in [-0.4, -0.2) is 5.60 Å². The number of fused-ring (bicyclic) bond motifs is 3. The van der Waals surface area contributed by atoms with Crippen molar-refractivity contribution in [2.24, 2.45) is 0 Å². The monoisotopic (exact) mass is 306 g/mol. The van der Waals surface area contributed by atoms with Crippen LogP contribution in [0, 0.1) is 0 Å². The second kappa shape index (κ2) is 4.98. The van der Waals surface area contributed by atoms with Crippen LogP contribution in [0.4, 0.5) is 0 Å². The van der Waals surface area contributed by atoms with E-state index in [1.54, 1.807) is 6.07 Å². The molecular formula is C20H18O3. The predicted molar refractivity (Wildman–Crippen MR) is 90.9 cm³/mol.